The Labute approximate surface area is 150 Å². The van der Waals surface area contributed by atoms with Crippen molar-refractivity contribution in [2.45, 2.75) is 17.4 Å². The Morgan fingerprint density at radius 2 is 2.15 bits per heavy atom. The maximum atomic E-state index is 13.4. The molecule has 0 spiro atoms. The first-order valence-corrected chi connectivity index (χ1v) is 9.67. The third kappa shape index (κ3) is 2.82. The molecule has 9 heteroatoms. The standard InChI is InChI=1S/C17H18FN5O2S/c1-22(17-15-5-7-19-16(15)20-11-21-17)13-6-8-23(10-13)26(24,25)14-4-2-3-12(18)9-14/h2-5,7,9,11,13H,6,8,10H2,1H3,(H,19,20,21)/t13-/m1/s1. The highest BCUT2D eigenvalue weighted by Gasteiger charge is 2.35. The third-order valence-corrected chi connectivity index (χ3v) is 6.64. The second kappa shape index (κ2) is 6.33. The van der Waals surface area contributed by atoms with Crippen molar-refractivity contribution in [1.29, 1.82) is 0 Å². The van der Waals surface area contributed by atoms with E-state index in [2.05, 4.69) is 15.0 Å². The molecule has 0 radical (unpaired) electrons. The largest absolute Gasteiger partial charge is 0.355 e. The van der Waals surface area contributed by atoms with E-state index >= 15 is 0 Å². The van der Waals surface area contributed by atoms with Crippen molar-refractivity contribution in [1.82, 2.24) is 19.3 Å². The summed E-state index contributed by atoms with van der Waals surface area (Å²) >= 11 is 0. The summed E-state index contributed by atoms with van der Waals surface area (Å²) in [6, 6.07) is 6.99. The molecule has 0 bridgehead atoms. The Morgan fingerprint density at radius 3 is 2.96 bits per heavy atom. The number of rotatable bonds is 4. The number of fused-ring (bicyclic) bond motifs is 1. The van der Waals surface area contributed by atoms with Gasteiger partial charge in [-0.05, 0) is 30.7 Å². The molecule has 0 saturated carbocycles. The van der Waals surface area contributed by atoms with Gasteiger partial charge in [0.05, 0.1) is 10.3 Å². The number of hydrogen-bond donors (Lipinski definition) is 1. The Bertz CT molecular complexity index is 1050. The summed E-state index contributed by atoms with van der Waals surface area (Å²) < 4.78 is 40.4. The molecule has 0 amide bonds. The summed E-state index contributed by atoms with van der Waals surface area (Å²) in [6.45, 7) is 0.709. The van der Waals surface area contributed by atoms with E-state index in [1.54, 1.807) is 6.20 Å². The number of aromatic nitrogens is 3. The molecule has 4 rings (SSSR count). The number of hydrogen-bond acceptors (Lipinski definition) is 5. The fourth-order valence-corrected chi connectivity index (χ4v) is 4.86. The number of aromatic amines is 1. The minimum absolute atomic E-state index is 0.0177. The summed E-state index contributed by atoms with van der Waals surface area (Å²) in [7, 11) is -1.81. The van der Waals surface area contributed by atoms with Gasteiger partial charge < -0.3 is 9.88 Å². The summed E-state index contributed by atoms with van der Waals surface area (Å²) in [5.41, 5.74) is 0.740. The fraction of sp³-hybridized carbons (Fsp3) is 0.294. The van der Waals surface area contributed by atoms with Crippen molar-refractivity contribution in [3.05, 3.63) is 48.7 Å². The molecule has 0 unspecified atom stereocenters. The first kappa shape index (κ1) is 16.9. The summed E-state index contributed by atoms with van der Waals surface area (Å²) in [5.74, 6) is 0.195. The number of likely N-dealkylation sites (N-methyl/N-ethyl adjacent to an activating group) is 1. The van der Waals surface area contributed by atoms with E-state index in [0.717, 1.165) is 22.9 Å². The van der Waals surface area contributed by atoms with Gasteiger partial charge in [0.1, 0.15) is 23.6 Å². The number of nitrogens with zero attached hydrogens (tertiary/aromatic N) is 4. The predicted octanol–water partition coefficient (Wildman–Crippen LogP) is 2.00. The highest BCUT2D eigenvalue weighted by atomic mass is 32.2. The highest BCUT2D eigenvalue weighted by molar-refractivity contribution is 7.89. The van der Waals surface area contributed by atoms with Gasteiger partial charge in [-0.3, -0.25) is 0 Å². The second-order valence-corrected chi connectivity index (χ2v) is 8.25. The molecule has 1 saturated heterocycles. The minimum atomic E-state index is -3.71. The monoisotopic (exact) mass is 375 g/mol. The number of sulfonamides is 1. The van der Waals surface area contributed by atoms with Crippen LogP contribution in [0.1, 0.15) is 6.42 Å². The van der Waals surface area contributed by atoms with Crippen molar-refractivity contribution in [3.8, 4) is 0 Å². The van der Waals surface area contributed by atoms with E-state index in [-0.39, 0.29) is 10.9 Å². The lowest BCUT2D eigenvalue weighted by atomic mass is 10.2. The van der Waals surface area contributed by atoms with Gasteiger partial charge in [-0.15, -0.1) is 0 Å². The number of anilines is 1. The molecule has 0 aliphatic carbocycles. The minimum Gasteiger partial charge on any atom is -0.355 e. The summed E-state index contributed by atoms with van der Waals surface area (Å²) in [6.07, 6.45) is 3.95. The molecule has 1 aromatic carbocycles. The van der Waals surface area contributed by atoms with E-state index in [4.69, 9.17) is 0 Å². The van der Waals surface area contributed by atoms with E-state index in [9.17, 15) is 12.8 Å². The molecule has 3 heterocycles. The molecule has 26 heavy (non-hydrogen) atoms. The van der Waals surface area contributed by atoms with Crippen molar-refractivity contribution in [3.63, 3.8) is 0 Å². The highest BCUT2D eigenvalue weighted by Crippen LogP contribution is 2.28. The van der Waals surface area contributed by atoms with E-state index < -0.39 is 15.8 Å². The molecule has 2 aromatic heterocycles. The molecular weight excluding hydrogens is 357 g/mol. The van der Waals surface area contributed by atoms with E-state index in [1.807, 2.05) is 18.0 Å². The van der Waals surface area contributed by atoms with Crippen LogP contribution in [0, 0.1) is 5.82 Å². The van der Waals surface area contributed by atoms with Crippen LogP contribution in [-0.2, 0) is 10.0 Å². The first-order valence-electron chi connectivity index (χ1n) is 8.23. The average Bonchev–Trinajstić information content (AvgIpc) is 3.30. The normalized spacial score (nSPS) is 18.5. The average molecular weight is 375 g/mol. The predicted molar refractivity (Wildman–Crippen MR) is 95.9 cm³/mol. The van der Waals surface area contributed by atoms with Crippen molar-refractivity contribution < 1.29 is 12.8 Å². The van der Waals surface area contributed by atoms with Crippen LogP contribution in [-0.4, -0.2) is 53.9 Å². The van der Waals surface area contributed by atoms with Gasteiger partial charge in [-0.25, -0.2) is 22.8 Å². The Morgan fingerprint density at radius 1 is 1.31 bits per heavy atom. The van der Waals surface area contributed by atoms with Crippen LogP contribution in [0.3, 0.4) is 0 Å². The molecule has 136 valence electrons. The van der Waals surface area contributed by atoms with Gasteiger partial charge in [-0.1, -0.05) is 6.07 Å². The van der Waals surface area contributed by atoms with E-state index in [0.29, 0.717) is 19.5 Å². The van der Waals surface area contributed by atoms with Gasteiger partial charge in [0.25, 0.3) is 0 Å². The lowest BCUT2D eigenvalue weighted by molar-refractivity contribution is 0.469. The van der Waals surface area contributed by atoms with Crippen LogP contribution in [0.25, 0.3) is 11.0 Å². The van der Waals surface area contributed by atoms with Crippen LogP contribution in [0.2, 0.25) is 0 Å². The molecule has 1 aliphatic heterocycles. The van der Waals surface area contributed by atoms with Crippen LogP contribution < -0.4 is 4.90 Å². The molecule has 7 nitrogen and oxygen atoms in total. The molecule has 1 atom stereocenters. The zero-order valence-electron chi connectivity index (χ0n) is 14.1. The summed E-state index contributed by atoms with van der Waals surface area (Å²) in [5, 5.41) is 0.890. The summed E-state index contributed by atoms with van der Waals surface area (Å²) in [4.78, 5) is 13.5. The van der Waals surface area contributed by atoms with Crippen molar-refractivity contribution in [2.75, 3.05) is 25.0 Å². The molecular formula is C17H18FN5O2S. The van der Waals surface area contributed by atoms with Crippen molar-refractivity contribution in [2.24, 2.45) is 0 Å². The maximum absolute atomic E-state index is 13.4. The third-order valence-electron chi connectivity index (χ3n) is 4.77. The first-order chi connectivity index (χ1) is 12.5. The van der Waals surface area contributed by atoms with Gasteiger partial charge in [0.2, 0.25) is 10.0 Å². The number of nitrogens with one attached hydrogen (secondary N) is 1. The van der Waals surface area contributed by atoms with Crippen LogP contribution in [0.4, 0.5) is 10.2 Å². The number of benzene rings is 1. The Kier molecular flexibility index (Phi) is 4.12. The van der Waals surface area contributed by atoms with Gasteiger partial charge >= 0.3 is 0 Å². The smallest absolute Gasteiger partial charge is 0.243 e. The molecule has 1 fully saturated rings. The number of H-pyrrole nitrogens is 1. The van der Waals surface area contributed by atoms with Crippen LogP contribution >= 0.6 is 0 Å². The van der Waals surface area contributed by atoms with Crippen molar-refractivity contribution >= 4 is 26.9 Å². The molecule has 1 N–H and O–H groups in total. The quantitative estimate of drug-likeness (QED) is 0.754. The van der Waals surface area contributed by atoms with E-state index in [1.165, 1.54) is 28.8 Å². The Hall–Kier alpha value is -2.52. The SMILES string of the molecule is CN(c1ncnc2[nH]ccc12)[C@@H]1CCN(S(=O)(=O)c2cccc(F)c2)C1. The fourth-order valence-electron chi connectivity index (χ4n) is 3.33. The topological polar surface area (TPSA) is 82.2 Å². The maximum Gasteiger partial charge on any atom is 0.243 e. The zero-order chi connectivity index (χ0) is 18.3. The lowest BCUT2D eigenvalue weighted by Crippen LogP contribution is -2.37. The van der Waals surface area contributed by atoms with Gasteiger partial charge in [-0.2, -0.15) is 4.31 Å². The van der Waals surface area contributed by atoms with Gasteiger partial charge in [0.15, 0.2) is 0 Å². The van der Waals surface area contributed by atoms with Crippen LogP contribution in [0.5, 0.6) is 0 Å². The lowest BCUT2D eigenvalue weighted by Gasteiger charge is -2.26. The zero-order valence-corrected chi connectivity index (χ0v) is 14.9. The molecule has 3 aromatic rings. The van der Waals surface area contributed by atoms with Gasteiger partial charge in [0, 0.05) is 32.4 Å². The molecule has 1 aliphatic rings. The second-order valence-electron chi connectivity index (χ2n) is 6.31. The Balaban J connectivity index is 1.58. The number of halogens is 1. The van der Waals surface area contributed by atoms with Crippen LogP contribution in [0.15, 0.2) is 47.8 Å².